The highest BCUT2D eigenvalue weighted by atomic mass is 32.2. The molecule has 2 aliphatic rings. The number of amides is 2. The van der Waals surface area contributed by atoms with Gasteiger partial charge in [0.05, 0.1) is 24.7 Å². The molecule has 13 nitrogen and oxygen atoms in total. The average molecular weight is 595 g/mol. The fourth-order valence-corrected chi connectivity index (χ4v) is 6.33. The molecule has 0 radical (unpaired) electrons. The van der Waals surface area contributed by atoms with Crippen LogP contribution in [0.4, 0.5) is 5.13 Å². The number of carbonyl (C=O) groups excluding carboxylic acids is 2. The third-order valence-electron chi connectivity index (χ3n) is 6.51. The normalized spacial score (nSPS) is 20.5. The highest BCUT2D eigenvalue weighted by Crippen LogP contribution is 2.22. The number of benzene rings is 1. The summed E-state index contributed by atoms with van der Waals surface area (Å²) in [6.45, 7) is 6.90. The molecular formula is C25H34N6O7S2. The molecule has 0 unspecified atom stereocenters. The molecule has 0 saturated carbocycles. The number of oxime groups is 1. The van der Waals surface area contributed by atoms with Crippen LogP contribution >= 0.6 is 11.3 Å². The van der Waals surface area contributed by atoms with Crippen LogP contribution in [0.2, 0.25) is 0 Å². The van der Waals surface area contributed by atoms with E-state index in [4.69, 9.17) is 14.7 Å². The molecule has 2 saturated heterocycles. The predicted octanol–water partition coefficient (Wildman–Crippen LogP) is 0.615. The van der Waals surface area contributed by atoms with Gasteiger partial charge in [0.2, 0.25) is 15.9 Å². The number of hydrogen-bond acceptors (Lipinski definition) is 11. The first-order valence-electron chi connectivity index (χ1n) is 12.9. The van der Waals surface area contributed by atoms with Crippen LogP contribution in [0.15, 0.2) is 40.5 Å². The lowest BCUT2D eigenvalue weighted by molar-refractivity contribution is -0.133. The van der Waals surface area contributed by atoms with Crippen molar-refractivity contribution in [2.24, 2.45) is 5.16 Å². The number of thiazole rings is 1. The Kier molecular flexibility index (Phi) is 10.2. The topological polar surface area (TPSA) is 163 Å². The van der Waals surface area contributed by atoms with Gasteiger partial charge in [0, 0.05) is 68.7 Å². The van der Waals surface area contributed by atoms with E-state index in [2.05, 4.69) is 25.1 Å². The van der Waals surface area contributed by atoms with Crippen molar-refractivity contribution in [1.82, 2.24) is 19.5 Å². The molecule has 1 aromatic carbocycles. The molecular weight excluding hydrogens is 560 g/mol. The third kappa shape index (κ3) is 7.83. The van der Waals surface area contributed by atoms with Crippen LogP contribution in [-0.2, 0) is 35.7 Å². The van der Waals surface area contributed by atoms with Gasteiger partial charge in [-0.25, -0.2) is 18.1 Å². The second-order valence-corrected chi connectivity index (χ2v) is 12.4. The zero-order valence-electron chi connectivity index (χ0n) is 22.4. The quantitative estimate of drug-likeness (QED) is 0.250. The first-order valence-corrected chi connectivity index (χ1v) is 15.2. The van der Waals surface area contributed by atoms with Gasteiger partial charge in [-0.15, -0.1) is 11.3 Å². The monoisotopic (exact) mass is 594 g/mol. The number of nitrogens with zero attached hydrogens (tertiary/aromatic N) is 4. The number of hydrogen-bond donors (Lipinski definition) is 3. The summed E-state index contributed by atoms with van der Waals surface area (Å²) in [5.41, 5.74) is 0.316. The lowest BCUT2D eigenvalue weighted by Crippen LogP contribution is -2.52. The zero-order chi connectivity index (χ0) is 28.7. The molecule has 0 spiro atoms. The van der Waals surface area contributed by atoms with Crippen molar-refractivity contribution < 1.29 is 32.7 Å². The lowest BCUT2D eigenvalue weighted by atomic mass is 10.1. The van der Waals surface area contributed by atoms with Crippen molar-refractivity contribution in [3.8, 4) is 0 Å². The van der Waals surface area contributed by atoms with E-state index in [1.165, 1.54) is 35.6 Å². The number of sulfonamides is 1. The number of aliphatic hydroxyl groups excluding tert-OH is 1. The molecule has 3 N–H and O–H groups in total. The standard InChI is InChI=1S/C25H34N6O7S2/c1-17-14-30(9-10-31(17)18(2)33)15-21-13-26-25(39-21)28-24(34)23(29-38-20-7-12-37-16-20)19-3-5-22(6-4-19)40(35,36)27-8-11-32/h3-6,13,17,20,27,32H,7-12,14-16H2,1-2H3,(H,26,28,34)/t17-,20+/m0/s1. The molecule has 2 fully saturated rings. The van der Waals surface area contributed by atoms with E-state index in [1.807, 2.05) is 11.8 Å². The van der Waals surface area contributed by atoms with E-state index >= 15 is 0 Å². The van der Waals surface area contributed by atoms with Crippen molar-refractivity contribution in [3.05, 3.63) is 40.9 Å². The smallest absolute Gasteiger partial charge is 0.280 e. The van der Waals surface area contributed by atoms with Crippen LogP contribution in [0.25, 0.3) is 0 Å². The van der Waals surface area contributed by atoms with Crippen LogP contribution in [0.5, 0.6) is 0 Å². The summed E-state index contributed by atoms with van der Waals surface area (Å²) in [6.07, 6.45) is 2.06. The van der Waals surface area contributed by atoms with Crippen molar-refractivity contribution in [3.63, 3.8) is 0 Å². The Morgan fingerprint density at radius 1 is 1.27 bits per heavy atom. The van der Waals surface area contributed by atoms with Gasteiger partial charge >= 0.3 is 0 Å². The van der Waals surface area contributed by atoms with Gasteiger partial charge in [-0.05, 0) is 19.1 Å². The number of carbonyl (C=O) groups is 2. The molecule has 1 aromatic heterocycles. The van der Waals surface area contributed by atoms with Crippen molar-refractivity contribution in [2.75, 3.05) is 51.3 Å². The molecule has 2 aliphatic heterocycles. The van der Waals surface area contributed by atoms with Gasteiger partial charge in [0.15, 0.2) is 16.9 Å². The van der Waals surface area contributed by atoms with Crippen molar-refractivity contribution in [1.29, 1.82) is 0 Å². The van der Waals surface area contributed by atoms with Gasteiger partial charge < -0.3 is 19.6 Å². The Hall–Kier alpha value is -2.95. The SMILES string of the molecule is CC(=O)N1CCN(Cc2cnc(NC(=O)C(=NO[C@@H]3CCOC3)c3ccc(S(=O)(=O)NCCO)cc3)s2)C[C@@H]1C. The van der Waals surface area contributed by atoms with E-state index in [0.717, 1.165) is 18.0 Å². The Morgan fingerprint density at radius 3 is 2.70 bits per heavy atom. The number of anilines is 1. The first-order chi connectivity index (χ1) is 19.2. The summed E-state index contributed by atoms with van der Waals surface area (Å²) >= 11 is 1.34. The van der Waals surface area contributed by atoms with Crippen LogP contribution in [0.3, 0.4) is 0 Å². The first kappa shape index (κ1) is 30.0. The zero-order valence-corrected chi connectivity index (χ0v) is 24.0. The van der Waals surface area contributed by atoms with E-state index in [0.29, 0.717) is 43.4 Å². The second kappa shape index (κ2) is 13.6. The molecule has 3 heterocycles. The Morgan fingerprint density at radius 2 is 2.05 bits per heavy atom. The summed E-state index contributed by atoms with van der Waals surface area (Å²) in [5.74, 6) is -0.482. The summed E-state index contributed by atoms with van der Waals surface area (Å²) in [5, 5.41) is 16.2. The van der Waals surface area contributed by atoms with E-state index in [-0.39, 0.29) is 41.8 Å². The number of ether oxygens (including phenoxy) is 1. The molecule has 4 rings (SSSR count). The highest BCUT2D eigenvalue weighted by Gasteiger charge is 2.26. The highest BCUT2D eigenvalue weighted by molar-refractivity contribution is 7.89. The van der Waals surface area contributed by atoms with Crippen LogP contribution in [0.1, 0.15) is 30.7 Å². The molecule has 2 amide bonds. The van der Waals surface area contributed by atoms with E-state index < -0.39 is 15.9 Å². The lowest BCUT2D eigenvalue weighted by Gasteiger charge is -2.39. The van der Waals surface area contributed by atoms with Crippen LogP contribution < -0.4 is 10.0 Å². The Bertz CT molecular complexity index is 1310. The maximum Gasteiger partial charge on any atom is 0.280 e. The van der Waals surface area contributed by atoms with Gasteiger partial charge in [0.25, 0.3) is 5.91 Å². The molecule has 0 aliphatic carbocycles. The predicted molar refractivity (Wildman–Crippen MR) is 148 cm³/mol. The van der Waals surface area contributed by atoms with Crippen LogP contribution in [0, 0.1) is 0 Å². The van der Waals surface area contributed by atoms with E-state index in [9.17, 15) is 18.0 Å². The Balaban J connectivity index is 1.45. The summed E-state index contributed by atoms with van der Waals surface area (Å²) in [6, 6.07) is 5.76. The van der Waals surface area contributed by atoms with Gasteiger partial charge in [-0.1, -0.05) is 17.3 Å². The fraction of sp³-hybridized carbons (Fsp3) is 0.520. The maximum absolute atomic E-state index is 13.3. The summed E-state index contributed by atoms with van der Waals surface area (Å²) in [7, 11) is -3.81. The minimum Gasteiger partial charge on any atom is -0.395 e. The molecule has 2 aromatic rings. The number of aromatic nitrogens is 1. The van der Waals surface area contributed by atoms with Crippen molar-refractivity contribution in [2.45, 2.75) is 43.9 Å². The van der Waals surface area contributed by atoms with Crippen molar-refractivity contribution >= 4 is 44.0 Å². The number of piperazine rings is 1. The molecule has 40 heavy (non-hydrogen) atoms. The fourth-order valence-electron chi connectivity index (χ4n) is 4.46. The number of aliphatic hydroxyl groups is 1. The molecule has 2 atom stereocenters. The molecule has 218 valence electrons. The van der Waals surface area contributed by atoms with Gasteiger partial charge in [-0.3, -0.25) is 19.8 Å². The Labute approximate surface area is 237 Å². The minimum atomic E-state index is -3.81. The van der Waals surface area contributed by atoms with Crippen LogP contribution in [-0.4, -0.2) is 104 Å². The average Bonchev–Trinajstić information content (AvgIpc) is 3.60. The largest absolute Gasteiger partial charge is 0.395 e. The minimum absolute atomic E-state index is 0.0161. The molecule has 15 heteroatoms. The van der Waals surface area contributed by atoms with Gasteiger partial charge in [-0.2, -0.15) is 0 Å². The number of rotatable bonds is 11. The summed E-state index contributed by atoms with van der Waals surface area (Å²) < 4.78 is 32.3. The molecule has 0 bridgehead atoms. The number of nitrogens with one attached hydrogen (secondary N) is 2. The maximum atomic E-state index is 13.3. The third-order valence-corrected chi connectivity index (χ3v) is 8.88. The van der Waals surface area contributed by atoms with Gasteiger partial charge in [0.1, 0.15) is 0 Å². The van der Waals surface area contributed by atoms with E-state index in [1.54, 1.807) is 13.1 Å². The second-order valence-electron chi connectivity index (χ2n) is 9.56. The summed E-state index contributed by atoms with van der Waals surface area (Å²) in [4.78, 5) is 40.0.